The lowest BCUT2D eigenvalue weighted by molar-refractivity contribution is -0.0494. The van der Waals surface area contributed by atoms with E-state index in [0.717, 1.165) is 0 Å². The average Bonchev–Trinajstić information content (AvgIpc) is 2.61. The molecule has 0 atom stereocenters. The zero-order valence-electron chi connectivity index (χ0n) is 7.41. The van der Waals surface area contributed by atoms with E-state index in [0.29, 0.717) is 16.7 Å². The topological polar surface area (TPSA) is 35.3 Å². The van der Waals surface area contributed by atoms with Crippen molar-refractivity contribution in [2.75, 3.05) is 0 Å². The van der Waals surface area contributed by atoms with Gasteiger partial charge in [-0.15, -0.1) is 0 Å². The van der Waals surface area contributed by atoms with Gasteiger partial charge in [0, 0.05) is 0 Å². The van der Waals surface area contributed by atoms with Gasteiger partial charge in [-0.3, -0.25) is 0 Å². The Bertz CT molecular complexity index is 472. The number of rotatable bonds is 3. The molecule has 0 saturated carbocycles. The predicted molar refractivity (Wildman–Crippen MR) is 53.3 cm³/mol. The number of oxazole rings is 1. The van der Waals surface area contributed by atoms with Gasteiger partial charge < -0.3 is 9.15 Å². The first-order valence-electron chi connectivity index (χ1n) is 4.10. The first-order valence-corrected chi connectivity index (χ1v) is 5.22. The fraction of sp³-hybridized carbons (Fsp3) is 0.222. The Morgan fingerprint density at radius 2 is 2.27 bits per heavy atom. The quantitative estimate of drug-likeness (QED) is 0.808. The molecular weight excluding hydrogens is 272 g/mol. The van der Waals surface area contributed by atoms with Crippen LogP contribution in [0.2, 0.25) is 0 Å². The Hall–Kier alpha value is -1.17. The molecule has 1 aromatic carbocycles. The number of alkyl halides is 3. The lowest BCUT2D eigenvalue weighted by atomic mass is 10.3. The van der Waals surface area contributed by atoms with E-state index < -0.39 is 6.61 Å². The summed E-state index contributed by atoms with van der Waals surface area (Å²) < 4.78 is 33.6. The van der Waals surface area contributed by atoms with Gasteiger partial charge in [-0.1, -0.05) is 22.0 Å². The Balaban J connectivity index is 2.49. The highest BCUT2D eigenvalue weighted by molar-refractivity contribution is 9.08. The Kier molecular flexibility index (Phi) is 2.86. The van der Waals surface area contributed by atoms with Gasteiger partial charge in [-0.25, -0.2) is 4.98 Å². The normalized spacial score (nSPS) is 11.2. The number of benzene rings is 1. The van der Waals surface area contributed by atoms with Crippen LogP contribution >= 0.6 is 15.9 Å². The highest BCUT2D eigenvalue weighted by Gasteiger charge is 2.13. The van der Waals surface area contributed by atoms with E-state index in [-0.39, 0.29) is 11.3 Å². The maximum Gasteiger partial charge on any atom is 0.387 e. The van der Waals surface area contributed by atoms with Gasteiger partial charge in [-0.05, 0) is 12.1 Å². The lowest BCUT2D eigenvalue weighted by Gasteiger charge is -2.02. The second-order valence-electron chi connectivity index (χ2n) is 2.72. The van der Waals surface area contributed by atoms with Crippen LogP contribution < -0.4 is 4.74 Å². The molecule has 0 spiro atoms. The SMILES string of the molecule is FC(F)Oc1cccc2nc(CBr)oc12. The van der Waals surface area contributed by atoms with Crippen molar-refractivity contribution >= 4 is 27.0 Å². The highest BCUT2D eigenvalue weighted by atomic mass is 79.9. The molecule has 0 fully saturated rings. The number of nitrogens with zero attached hydrogens (tertiary/aromatic N) is 1. The molecule has 0 saturated heterocycles. The number of para-hydroxylation sites is 1. The summed E-state index contributed by atoms with van der Waals surface area (Å²) in [7, 11) is 0. The van der Waals surface area contributed by atoms with Crippen LogP contribution in [0, 0.1) is 0 Å². The predicted octanol–water partition coefficient (Wildman–Crippen LogP) is 3.32. The zero-order chi connectivity index (χ0) is 10.8. The number of fused-ring (bicyclic) bond motifs is 1. The van der Waals surface area contributed by atoms with Crippen LogP contribution in [0.3, 0.4) is 0 Å². The third-order valence-corrected chi connectivity index (χ3v) is 2.23. The third-order valence-electron chi connectivity index (χ3n) is 1.75. The van der Waals surface area contributed by atoms with Crippen LogP contribution in [0.1, 0.15) is 5.89 Å². The Morgan fingerprint density at radius 1 is 1.47 bits per heavy atom. The van der Waals surface area contributed by atoms with Crippen molar-refractivity contribution in [1.82, 2.24) is 4.98 Å². The highest BCUT2D eigenvalue weighted by Crippen LogP contribution is 2.28. The van der Waals surface area contributed by atoms with Gasteiger partial charge in [0.25, 0.3) is 0 Å². The maximum atomic E-state index is 12.0. The summed E-state index contributed by atoms with van der Waals surface area (Å²) in [5, 5.41) is 0.426. The molecule has 2 aromatic rings. The summed E-state index contributed by atoms with van der Waals surface area (Å²) in [5.41, 5.74) is 0.745. The molecule has 0 N–H and O–H groups in total. The van der Waals surface area contributed by atoms with Crippen molar-refractivity contribution in [2.24, 2.45) is 0 Å². The molecule has 2 rings (SSSR count). The molecule has 0 aliphatic heterocycles. The van der Waals surface area contributed by atoms with Crippen molar-refractivity contribution < 1.29 is 17.9 Å². The van der Waals surface area contributed by atoms with Gasteiger partial charge in [0.05, 0.1) is 5.33 Å². The summed E-state index contributed by atoms with van der Waals surface area (Å²) in [6.45, 7) is -2.87. The molecule has 1 aromatic heterocycles. The van der Waals surface area contributed by atoms with Crippen molar-refractivity contribution in [3.63, 3.8) is 0 Å². The number of aromatic nitrogens is 1. The molecule has 0 aliphatic carbocycles. The van der Waals surface area contributed by atoms with Gasteiger partial charge in [0.15, 0.2) is 11.3 Å². The Labute approximate surface area is 92.2 Å². The minimum absolute atomic E-state index is 0.00204. The summed E-state index contributed by atoms with van der Waals surface area (Å²) in [6, 6.07) is 4.67. The average molecular weight is 278 g/mol. The Morgan fingerprint density at radius 3 is 2.93 bits per heavy atom. The van der Waals surface area contributed by atoms with Gasteiger partial charge in [0.1, 0.15) is 5.52 Å². The number of hydrogen-bond acceptors (Lipinski definition) is 3. The van der Waals surface area contributed by atoms with Crippen LogP contribution in [-0.2, 0) is 5.33 Å². The molecule has 0 amide bonds. The third kappa shape index (κ3) is 2.09. The molecule has 0 bridgehead atoms. The van der Waals surface area contributed by atoms with E-state index in [1.165, 1.54) is 6.07 Å². The van der Waals surface area contributed by atoms with E-state index in [4.69, 9.17) is 4.42 Å². The molecule has 0 unspecified atom stereocenters. The van der Waals surface area contributed by atoms with E-state index in [1.54, 1.807) is 12.1 Å². The van der Waals surface area contributed by atoms with Crippen LogP contribution in [0.4, 0.5) is 8.78 Å². The molecule has 6 heteroatoms. The standard InChI is InChI=1S/C9H6BrF2NO2/c10-4-7-13-5-2-1-3-6(8(5)15-7)14-9(11)12/h1-3,9H,4H2. The van der Waals surface area contributed by atoms with E-state index in [2.05, 4.69) is 25.7 Å². The fourth-order valence-electron chi connectivity index (χ4n) is 1.22. The zero-order valence-corrected chi connectivity index (χ0v) is 9.00. The van der Waals surface area contributed by atoms with Crippen molar-refractivity contribution in [2.45, 2.75) is 11.9 Å². The molecule has 0 aliphatic rings. The van der Waals surface area contributed by atoms with Crippen LogP contribution in [0.15, 0.2) is 22.6 Å². The number of ether oxygens (including phenoxy) is 1. The fourth-order valence-corrected chi connectivity index (χ4v) is 1.46. The minimum Gasteiger partial charge on any atom is -0.436 e. The largest absolute Gasteiger partial charge is 0.436 e. The maximum absolute atomic E-state index is 12.0. The summed E-state index contributed by atoms with van der Waals surface area (Å²) in [4.78, 5) is 4.06. The lowest BCUT2D eigenvalue weighted by Crippen LogP contribution is -2.01. The van der Waals surface area contributed by atoms with Crippen molar-refractivity contribution in [3.8, 4) is 5.75 Å². The van der Waals surface area contributed by atoms with E-state index >= 15 is 0 Å². The van der Waals surface area contributed by atoms with Gasteiger partial charge in [-0.2, -0.15) is 8.78 Å². The number of hydrogen-bond donors (Lipinski definition) is 0. The van der Waals surface area contributed by atoms with Crippen LogP contribution in [0.25, 0.3) is 11.1 Å². The second kappa shape index (κ2) is 4.14. The van der Waals surface area contributed by atoms with Crippen molar-refractivity contribution in [1.29, 1.82) is 0 Å². The van der Waals surface area contributed by atoms with Crippen LogP contribution in [-0.4, -0.2) is 11.6 Å². The summed E-state index contributed by atoms with van der Waals surface area (Å²) in [6.07, 6.45) is 0. The first kappa shape index (κ1) is 10.4. The molecule has 1 heterocycles. The minimum atomic E-state index is -2.87. The van der Waals surface area contributed by atoms with E-state index in [1.807, 2.05) is 0 Å². The molecule has 0 radical (unpaired) electrons. The van der Waals surface area contributed by atoms with Gasteiger partial charge >= 0.3 is 6.61 Å². The van der Waals surface area contributed by atoms with Crippen LogP contribution in [0.5, 0.6) is 5.75 Å². The summed E-state index contributed by atoms with van der Waals surface area (Å²) in [5.74, 6) is 0.428. The summed E-state index contributed by atoms with van der Waals surface area (Å²) >= 11 is 3.17. The smallest absolute Gasteiger partial charge is 0.387 e. The van der Waals surface area contributed by atoms with Crippen molar-refractivity contribution in [3.05, 3.63) is 24.1 Å². The number of halogens is 3. The molecule has 80 valence electrons. The molecule has 15 heavy (non-hydrogen) atoms. The molecular formula is C9H6BrF2NO2. The van der Waals surface area contributed by atoms with Gasteiger partial charge in [0.2, 0.25) is 5.89 Å². The van der Waals surface area contributed by atoms with E-state index in [9.17, 15) is 8.78 Å². The second-order valence-corrected chi connectivity index (χ2v) is 3.28. The molecule has 3 nitrogen and oxygen atoms in total. The monoisotopic (exact) mass is 277 g/mol. The first-order chi connectivity index (χ1) is 7.20.